The van der Waals surface area contributed by atoms with Crippen molar-refractivity contribution in [1.82, 2.24) is 5.32 Å². The average Bonchev–Trinajstić information content (AvgIpc) is 3.16. The van der Waals surface area contributed by atoms with E-state index in [1.165, 1.54) is 0 Å². The van der Waals surface area contributed by atoms with Crippen molar-refractivity contribution in [2.45, 2.75) is 18.9 Å². The standard InChI is InChI=1S/C19H21N3O3/c23-18(20-13-17-7-4-12-25-17)19(24)22-16-10-8-15(9-11-16)21-14-5-2-1-3-6-14/h1-3,5-6,8-11,17,21H,4,7,12-13H2,(H,20,23)(H,22,24). The van der Waals surface area contributed by atoms with E-state index < -0.39 is 11.8 Å². The highest BCUT2D eigenvalue weighted by molar-refractivity contribution is 6.39. The Kier molecular flexibility index (Phi) is 5.64. The molecule has 1 atom stereocenters. The number of benzene rings is 2. The Balaban J connectivity index is 1.48. The quantitative estimate of drug-likeness (QED) is 0.732. The van der Waals surface area contributed by atoms with Crippen LogP contribution in [0.25, 0.3) is 0 Å². The molecule has 2 amide bonds. The van der Waals surface area contributed by atoms with E-state index in [1.807, 2.05) is 42.5 Å². The highest BCUT2D eigenvalue weighted by Crippen LogP contribution is 2.18. The minimum atomic E-state index is -0.679. The maximum absolute atomic E-state index is 11.9. The van der Waals surface area contributed by atoms with Crippen molar-refractivity contribution in [3.05, 3.63) is 54.6 Å². The molecule has 6 nitrogen and oxygen atoms in total. The molecule has 0 saturated carbocycles. The van der Waals surface area contributed by atoms with E-state index in [0.29, 0.717) is 12.2 Å². The van der Waals surface area contributed by atoms with E-state index in [2.05, 4.69) is 16.0 Å². The van der Waals surface area contributed by atoms with Crippen LogP contribution in [0.1, 0.15) is 12.8 Å². The lowest BCUT2D eigenvalue weighted by molar-refractivity contribution is -0.136. The second kappa shape index (κ2) is 8.30. The molecule has 1 unspecified atom stereocenters. The molecule has 6 heteroatoms. The number of amides is 2. The maximum atomic E-state index is 11.9. The van der Waals surface area contributed by atoms with Gasteiger partial charge in [0, 0.05) is 30.2 Å². The summed E-state index contributed by atoms with van der Waals surface area (Å²) in [4.78, 5) is 23.7. The molecule has 0 aromatic heterocycles. The zero-order chi connectivity index (χ0) is 17.5. The molecule has 2 aromatic rings. The molecule has 1 aliphatic heterocycles. The number of carbonyl (C=O) groups is 2. The highest BCUT2D eigenvalue weighted by atomic mass is 16.5. The molecule has 1 heterocycles. The lowest BCUT2D eigenvalue weighted by Crippen LogP contribution is -2.39. The van der Waals surface area contributed by atoms with Gasteiger partial charge in [-0.3, -0.25) is 9.59 Å². The van der Waals surface area contributed by atoms with Gasteiger partial charge in [-0.15, -0.1) is 0 Å². The summed E-state index contributed by atoms with van der Waals surface area (Å²) in [5, 5.41) is 8.44. The molecule has 25 heavy (non-hydrogen) atoms. The number of hydrogen-bond donors (Lipinski definition) is 3. The second-order valence-corrected chi connectivity index (χ2v) is 5.87. The lowest BCUT2D eigenvalue weighted by Gasteiger charge is -2.11. The number of rotatable bonds is 5. The van der Waals surface area contributed by atoms with Crippen LogP contribution in [-0.4, -0.2) is 31.1 Å². The van der Waals surface area contributed by atoms with Crippen LogP contribution in [0.2, 0.25) is 0 Å². The minimum Gasteiger partial charge on any atom is -0.376 e. The summed E-state index contributed by atoms with van der Waals surface area (Å²) in [5.41, 5.74) is 2.44. The molecule has 1 fully saturated rings. The number of ether oxygens (including phenoxy) is 1. The van der Waals surface area contributed by atoms with E-state index in [0.717, 1.165) is 30.8 Å². The molecule has 0 aliphatic carbocycles. The smallest absolute Gasteiger partial charge is 0.313 e. The number of anilines is 3. The second-order valence-electron chi connectivity index (χ2n) is 5.87. The predicted molar refractivity (Wildman–Crippen MR) is 96.8 cm³/mol. The number of hydrogen-bond acceptors (Lipinski definition) is 4. The fraction of sp³-hybridized carbons (Fsp3) is 0.263. The topological polar surface area (TPSA) is 79.5 Å². The van der Waals surface area contributed by atoms with Gasteiger partial charge in [0.2, 0.25) is 0 Å². The van der Waals surface area contributed by atoms with Crippen LogP contribution in [0.15, 0.2) is 54.6 Å². The van der Waals surface area contributed by atoms with Gasteiger partial charge >= 0.3 is 11.8 Å². The maximum Gasteiger partial charge on any atom is 0.313 e. The van der Waals surface area contributed by atoms with Crippen LogP contribution in [0.5, 0.6) is 0 Å². The van der Waals surface area contributed by atoms with E-state index in [4.69, 9.17) is 4.74 Å². The first-order valence-electron chi connectivity index (χ1n) is 8.33. The van der Waals surface area contributed by atoms with Crippen LogP contribution < -0.4 is 16.0 Å². The van der Waals surface area contributed by atoms with Crippen LogP contribution in [0.3, 0.4) is 0 Å². The third-order valence-corrected chi connectivity index (χ3v) is 3.93. The molecule has 0 bridgehead atoms. The number of nitrogens with one attached hydrogen (secondary N) is 3. The molecule has 3 N–H and O–H groups in total. The first-order valence-corrected chi connectivity index (χ1v) is 8.33. The Bertz CT molecular complexity index is 710. The lowest BCUT2D eigenvalue weighted by atomic mass is 10.2. The Hall–Kier alpha value is -2.86. The molecule has 2 aromatic carbocycles. The van der Waals surface area contributed by atoms with Crippen molar-refractivity contribution in [3.63, 3.8) is 0 Å². The van der Waals surface area contributed by atoms with E-state index in [-0.39, 0.29) is 6.10 Å². The van der Waals surface area contributed by atoms with Crippen molar-refractivity contribution in [2.75, 3.05) is 23.8 Å². The van der Waals surface area contributed by atoms with Gasteiger partial charge in [0.25, 0.3) is 0 Å². The third-order valence-electron chi connectivity index (χ3n) is 3.93. The summed E-state index contributed by atoms with van der Waals surface area (Å²) < 4.78 is 5.41. The summed E-state index contributed by atoms with van der Waals surface area (Å²) in [6.07, 6.45) is 1.92. The fourth-order valence-corrected chi connectivity index (χ4v) is 2.61. The molecule has 130 valence electrons. The van der Waals surface area contributed by atoms with Gasteiger partial charge in [0.15, 0.2) is 0 Å². The van der Waals surface area contributed by atoms with Gasteiger partial charge in [-0.05, 0) is 49.2 Å². The Labute approximate surface area is 146 Å². The van der Waals surface area contributed by atoms with Gasteiger partial charge in [0.05, 0.1) is 6.10 Å². The SMILES string of the molecule is O=C(NCC1CCCO1)C(=O)Nc1ccc(Nc2ccccc2)cc1. The molecular weight excluding hydrogens is 318 g/mol. The van der Waals surface area contributed by atoms with Crippen LogP contribution >= 0.6 is 0 Å². The molecule has 3 rings (SSSR count). The van der Waals surface area contributed by atoms with Crippen molar-refractivity contribution in [3.8, 4) is 0 Å². The zero-order valence-corrected chi connectivity index (χ0v) is 13.8. The normalized spacial score (nSPS) is 16.2. The van der Waals surface area contributed by atoms with Crippen LogP contribution in [0.4, 0.5) is 17.1 Å². The van der Waals surface area contributed by atoms with Gasteiger partial charge in [-0.1, -0.05) is 18.2 Å². The van der Waals surface area contributed by atoms with Crippen molar-refractivity contribution < 1.29 is 14.3 Å². The number of carbonyl (C=O) groups excluding carboxylic acids is 2. The molecular formula is C19H21N3O3. The Morgan fingerprint density at radius 2 is 1.60 bits per heavy atom. The zero-order valence-electron chi connectivity index (χ0n) is 13.8. The van der Waals surface area contributed by atoms with Crippen molar-refractivity contribution in [2.24, 2.45) is 0 Å². The Morgan fingerprint density at radius 3 is 2.28 bits per heavy atom. The van der Waals surface area contributed by atoms with Crippen LogP contribution in [-0.2, 0) is 14.3 Å². The Morgan fingerprint density at radius 1 is 0.920 bits per heavy atom. The summed E-state index contributed by atoms with van der Waals surface area (Å²) in [6.45, 7) is 1.09. The summed E-state index contributed by atoms with van der Waals surface area (Å²) in [6, 6.07) is 17.0. The first-order chi connectivity index (χ1) is 12.2. The monoisotopic (exact) mass is 339 g/mol. The van der Waals surface area contributed by atoms with Crippen molar-refractivity contribution in [1.29, 1.82) is 0 Å². The molecule has 1 saturated heterocycles. The van der Waals surface area contributed by atoms with Gasteiger partial charge < -0.3 is 20.7 Å². The molecule has 0 radical (unpaired) electrons. The summed E-state index contributed by atoms with van der Waals surface area (Å²) >= 11 is 0. The summed E-state index contributed by atoms with van der Waals surface area (Å²) in [5.74, 6) is -1.33. The van der Waals surface area contributed by atoms with E-state index in [1.54, 1.807) is 12.1 Å². The fourth-order valence-electron chi connectivity index (χ4n) is 2.61. The van der Waals surface area contributed by atoms with Gasteiger partial charge in [-0.25, -0.2) is 0 Å². The summed E-state index contributed by atoms with van der Waals surface area (Å²) in [7, 11) is 0. The van der Waals surface area contributed by atoms with E-state index in [9.17, 15) is 9.59 Å². The largest absolute Gasteiger partial charge is 0.376 e. The van der Waals surface area contributed by atoms with Gasteiger partial charge in [-0.2, -0.15) is 0 Å². The highest BCUT2D eigenvalue weighted by Gasteiger charge is 2.19. The van der Waals surface area contributed by atoms with Crippen molar-refractivity contribution >= 4 is 28.9 Å². The third kappa shape index (κ3) is 5.06. The molecule has 0 spiro atoms. The van der Waals surface area contributed by atoms with Crippen LogP contribution in [0, 0.1) is 0 Å². The van der Waals surface area contributed by atoms with E-state index >= 15 is 0 Å². The predicted octanol–water partition coefficient (Wildman–Crippen LogP) is 2.66. The number of para-hydroxylation sites is 1. The minimum absolute atomic E-state index is 0.0140. The average molecular weight is 339 g/mol. The molecule has 1 aliphatic rings. The van der Waals surface area contributed by atoms with Gasteiger partial charge in [0.1, 0.15) is 0 Å². The first kappa shape index (κ1) is 17.0.